The second-order valence-corrected chi connectivity index (χ2v) is 6.41. The van der Waals surface area contributed by atoms with Crippen LogP contribution in [0.2, 0.25) is 0 Å². The molecule has 2 aromatic rings. The molecule has 0 spiro atoms. The van der Waals surface area contributed by atoms with E-state index in [0.29, 0.717) is 13.1 Å². The molecule has 1 amide bonds. The molecule has 5 nitrogen and oxygen atoms in total. The van der Waals surface area contributed by atoms with Gasteiger partial charge in [-0.2, -0.15) is 0 Å². The predicted molar refractivity (Wildman–Crippen MR) is 93.9 cm³/mol. The summed E-state index contributed by atoms with van der Waals surface area (Å²) in [5.74, 6) is -0.323. The van der Waals surface area contributed by atoms with Gasteiger partial charge in [-0.15, -0.1) is 0 Å². The number of hydrogen-bond acceptors (Lipinski definition) is 3. The Kier molecular flexibility index (Phi) is 4.74. The van der Waals surface area contributed by atoms with Gasteiger partial charge in [0.1, 0.15) is 5.75 Å². The number of carbonyl (C=O) groups excluding carboxylic acids is 1. The van der Waals surface area contributed by atoms with Crippen molar-refractivity contribution in [3.63, 3.8) is 0 Å². The average Bonchev–Trinajstić information content (AvgIpc) is 2.61. The fraction of sp³-hybridized carbons (Fsp3) is 0.300. The first-order chi connectivity index (χ1) is 11.9. The van der Waals surface area contributed by atoms with Crippen molar-refractivity contribution in [1.82, 2.24) is 4.90 Å². The van der Waals surface area contributed by atoms with Crippen LogP contribution in [0.3, 0.4) is 0 Å². The molecule has 0 fully saturated rings. The highest BCUT2D eigenvalue weighted by Gasteiger charge is 2.22. The summed E-state index contributed by atoms with van der Waals surface area (Å²) in [5, 5.41) is 9.12. The number of rotatable bonds is 4. The van der Waals surface area contributed by atoms with Crippen molar-refractivity contribution in [2.75, 3.05) is 13.2 Å². The molecule has 0 unspecified atom stereocenters. The Labute approximate surface area is 146 Å². The largest absolute Gasteiger partial charge is 0.483 e. The number of amides is 1. The van der Waals surface area contributed by atoms with Crippen LogP contribution in [0.25, 0.3) is 0 Å². The van der Waals surface area contributed by atoms with Crippen molar-refractivity contribution in [3.05, 3.63) is 64.2 Å². The molecule has 1 aliphatic rings. The van der Waals surface area contributed by atoms with E-state index in [-0.39, 0.29) is 18.1 Å². The maximum absolute atomic E-state index is 12.5. The number of nitrogens with zero attached hydrogens (tertiary/aromatic N) is 1. The molecule has 0 radical (unpaired) electrons. The molecule has 2 aromatic carbocycles. The third-order valence-corrected chi connectivity index (χ3v) is 4.51. The van der Waals surface area contributed by atoms with E-state index in [2.05, 4.69) is 0 Å². The number of aromatic carboxylic acids is 1. The maximum Gasteiger partial charge on any atom is 0.335 e. The standard InChI is InChI=1S/C20H21NO4/c1-13-3-4-14(2)18(9-13)25-12-19(22)21-8-7-15-5-6-16(20(23)24)10-17(15)11-21/h3-6,9-10H,7-8,11-12H2,1-2H3,(H,23,24). The van der Waals surface area contributed by atoms with E-state index in [1.54, 1.807) is 17.0 Å². The number of aryl methyl sites for hydroxylation is 2. The van der Waals surface area contributed by atoms with Crippen molar-refractivity contribution in [3.8, 4) is 5.75 Å². The predicted octanol–water partition coefficient (Wildman–Crippen LogP) is 2.97. The first-order valence-electron chi connectivity index (χ1n) is 8.27. The lowest BCUT2D eigenvalue weighted by Gasteiger charge is -2.29. The summed E-state index contributed by atoms with van der Waals surface area (Å²) < 4.78 is 5.70. The zero-order chi connectivity index (χ0) is 18.0. The molecule has 1 N–H and O–H groups in total. The van der Waals surface area contributed by atoms with E-state index in [4.69, 9.17) is 9.84 Å². The Morgan fingerprint density at radius 3 is 2.68 bits per heavy atom. The second-order valence-electron chi connectivity index (χ2n) is 6.41. The van der Waals surface area contributed by atoms with Crippen molar-refractivity contribution >= 4 is 11.9 Å². The molecular formula is C20H21NO4. The number of fused-ring (bicyclic) bond motifs is 1. The quantitative estimate of drug-likeness (QED) is 0.930. The average molecular weight is 339 g/mol. The molecule has 130 valence electrons. The Balaban J connectivity index is 1.67. The first kappa shape index (κ1) is 17.0. The fourth-order valence-corrected chi connectivity index (χ4v) is 3.00. The van der Waals surface area contributed by atoms with E-state index in [9.17, 15) is 9.59 Å². The van der Waals surface area contributed by atoms with Gasteiger partial charge in [0.2, 0.25) is 0 Å². The van der Waals surface area contributed by atoms with E-state index in [1.807, 2.05) is 38.1 Å². The molecule has 0 bridgehead atoms. The maximum atomic E-state index is 12.5. The van der Waals surface area contributed by atoms with Gasteiger partial charge in [0.25, 0.3) is 5.91 Å². The third kappa shape index (κ3) is 3.82. The van der Waals surface area contributed by atoms with Gasteiger partial charge in [-0.05, 0) is 60.7 Å². The summed E-state index contributed by atoms with van der Waals surface area (Å²) in [6.45, 7) is 4.96. The SMILES string of the molecule is Cc1ccc(C)c(OCC(=O)N2CCc3ccc(C(=O)O)cc3C2)c1. The molecular weight excluding hydrogens is 318 g/mol. The number of carboxylic acid groups (broad SMARTS) is 1. The Morgan fingerprint density at radius 2 is 1.92 bits per heavy atom. The second kappa shape index (κ2) is 6.97. The topological polar surface area (TPSA) is 66.8 Å². The summed E-state index contributed by atoms with van der Waals surface area (Å²) in [5.41, 5.74) is 4.32. The van der Waals surface area contributed by atoms with E-state index < -0.39 is 5.97 Å². The monoisotopic (exact) mass is 339 g/mol. The lowest BCUT2D eigenvalue weighted by atomic mass is 9.97. The molecule has 5 heteroatoms. The van der Waals surface area contributed by atoms with Gasteiger partial charge in [0.15, 0.2) is 6.61 Å². The highest BCUT2D eigenvalue weighted by Crippen LogP contribution is 2.22. The molecule has 0 aliphatic carbocycles. The molecule has 0 atom stereocenters. The van der Waals surface area contributed by atoms with Gasteiger partial charge < -0.3 is 14.7 Å². The first-order valence-corrected chi connectivity index (χ1v) is 8.27. The van der Waals surface area contributed by atoms with Gasteiger partial charge >= 0.3 is 5.97 Å². The highest BCUT2D eigenvalue weighted by molar-refractivity contribution is 5.88. The highest BCUT2D eigenvalue weighted by atomic mass is 16.5. The molecule has 0 aromatic heterocycles. The third-order valence-electron chi connectivity index (χ3n) is 4.51. The molecule has 0 saturated heterocycles. The molecule has 0 saturated carbocycles. The van der Waals surface area contributed by atoms with Crippen LogP contribution >= 0.6 is 0 Å². The van der Waals surface area contributed by atoms with E-state index >= 15 is 0 Å². The van der Waals surface area contributed by atoms with Crippen LogP contribution < -0.4 is 4.74 Å². The summed E-state index contributed by atoms with van der Waals surface area (Å²) in [7, 11) is 0. The summed E-state index contributed by atoms with van der Waals surface area (Å²) in [6, 6.07) is 11.0. The molecule has 3 rings (SSSR count). The number of carboxylic acids is 1. The van der Waals surface area contributed by atoms with Crippen molar-refractivity contribution < 1.29 is 19.4 Å². The van der Waals surface area contributed by atoms with Gasteiger partial charge in [0, 0.05) is 13.1 Å². The van der Waals surface area contributed by atoms with Crippen LogP contribution in [-0.4, -0.2) is 35.0 Å². The van der Waals surface area contributed by atoms with Gasteiger partial charge in [0.05, 0.1) is 5.56 Å². The number of hydrogen-bond donors (Lipinski definition) is 1. The van der Waals surface area contributed by atoms with E-state index in [1.165, 1.54) is 0 Å². The number of benzene rings is 2. The molecule has 25 heavy (non-hydrogen) atoms. The zero-order valence-electron chi connectivity index (χ0n) is 14.4. The summed E-state index contributed by atoms with van der Waals surface area (Å²) >= 11 is 0. The van der Waals surface area contributed by atoms with Gasteiger partial charge in [-0.25, -0.2) is 4.79 Å². The van der Waals surface area contributed by atoms with Crippen molar-refractivity contribution in [2.24, 2.45) is 0 Å². The van der Waals surface area contributed by atoms with Crippen molar-refractivity contribution in [1.29, 1.82) is 0 Å². The van der Waals surface area contributed by atoms with Gasteiger partial charge in [-0.1, -0.05) is 18.2 Å². The Bertz CT molecular complexity index is 828. The Hall–Kier alpha value is -2.82. The fourth-order valence-electron chi connectivity index (χ4n) is 3.00. The van der Waals surface area contributed by atoms with Gasteiger partial charge in [-0.3, -0.25) is 4.79 Å². The lowest BCUT2D eigenvalue weighted by molar-refractivity contribution is -0.134. The summed E-state index contributed by atoms with van der Waals surface area (Å²) in [4.78, 5) is 25.3. The van der Waals surface area contributed by atoms with Crippen LogP contribution in [0.4, 0.5) is 0 Å². The lowest BCUT2D eigenvalue weighted by Crippen LogP contribution is -2.39. The number of ether oxygens (including phenoxy) is 1. The smallest absolute Gasteiger partial charge is 0.335 e. The summed E-state index contributed by atoms with van der Waals surface area (Å²) in [6.07, 6.45) is 0.727. The van der Waals surface area contributed by atoms with Crippen LogP contribution in [0.5, 0.6) is 5.75 Å². The minimum atomic E-state index is -0.954. The van der Waals surface area contributed by atoms with E-state index in [0.717, 1.165) is 34.4 Å². The Morgan fingerprint density at radius 1 is 1.12 bits per heavy atom. The number of carbonyl (C=O) groups is 2. The minimum absolute atomic E-state index is 0.0156. The van der Waals surface area contributed by atoms with Crippen LogP contribution in [0.15, 0.2) is 36.4 Å². The molecule has 1 aliphatic heterocycles. The molecule has 1 heterocycles. The minimum Gasteiger partial charge on any atom is -0.483 e. The van der Waals surface area contributed by atoms with Crippen LogP contribution in [-0.2, 0) is 17.8 Å². The normalized spacial score (nSPS) is 13.3. The van der Waals surface area contributed by atoms with Crippen LogP contribution in [0.1, 0.15) is 32.6 Å². The van der Waals surface area contributed by atoms with Crippen molar-refractivity contribution in [2.45, 2.75) is 26.8 Å². The van der Waals surface area contributed by atoms with Crippen LogP contribution in [0, 0.1) is 13.8 Å². The zero-order valence-corrected chi connectivity index (χ0v) is 14.4.